The van der Waals surface area contributed by atoms with Gasteiger partial charge < -0.3 is 15.5 Å². The van der Waals surface area contributed by atoms with Gasteiger partial charge in [-0.1, -0.05) is 30.3 Å². The molecule has 0 bridgehead atoms. The molecule has 1 aromatic rings. The molecule has 0 aromatic heterocycles. The van der Waals surface area contributed by atoms with Crippen molar-refractivity contribution in [3.63, 3.8) is 0 Å². The zero-order valence-electron chi connectivity index (χ0n) is 15.4. The van der Waals surface area contributed by atoms with E-state index in [0.29, 0.717) is 6.54 Å². The molecule has 4 heteroatoms. The van der Waals surface area contributed by atoms with Crippen LogP contribution in [0, 0.1) is 0 Å². The van der Waals surface area contributed by atoms with E-state index in [4.69, 9.17) is 0 Å². The number of nitrogens with one attached hydrogen (secondary N) is 2. The minimum absolute atomic E-state index is 0.178. The maximum absolute atomic E-state index is 12.1. The van der Waals surface area contributed by atoms with Crippen molar-refractivity contribution in [1.29, 1.82) is 0 Å². The fourth-order valence-electron chi connectivity index (χ4n) is 3.01. The third-order valence-electron chi connectivity index (χ3n) is 4.40. The molecule has 24 heavy (non-hydrogen) atoms. The van der Waals surface area contributed by atoms with Gasteiger partial charge in [-0.25, -0.2) is 0 Å². The second-order valence-corrected chi connectivity index (χ2v) is 7.79. The highest BCUT2D eigenvalue weighted by Crippen LogP contribution is 2.17. The quantitative estimate of drug-likeness (QED) is 0.616. The van der Waals surface area contributed by atoms with Crippen LogP contribution in [-0.4, -0.2) is 44.2 Å². The first-order valence-electron chi connectivity index (χ1n) is 9.13. The average Bonchev–Trinajstić information content (AvgIpc) is 2.55. The Kier molecular flexibility index (Phi) is 7.00. The number of quaternary nitrogens is 2. The smallest absolute Gasteiger partial charge is 0.275 e. The summed E-state index contributed by atoms with van der Waals surface area (Å²) in [6, 6.07) is 10.5. The second-order valence-electron chi connectivity index (χ2n) is 7.79. The van der Waals surface area contributed by atoms with Gasteiger partial charge in [0.1, 0.15) is 0 Å². The second kappa shape index (κ2) is 9.00. The van der Waals surface area contributed by atoms with Crippen LogP contribution in [0.3, 0.4) is 0 Å². The van der Waals surface area contributed by atoms with Crippen molar-refractivity contribution in [2.75, 3.05) is 32.7 Å². The Bertz CT molecular complexity index is 546. The van der Waals surface area contributed by atoms with E-state index in [2.05, 4.69) is 61.7 Å². The highest BCUT2D eigenvalue weighted by atomic mass is 16.2. The lowest BCUT2D eigenvalue weighted by atomic mass is 10.00. The molecule has 2 rings (SSSR count). The van der Waals surface area contributed by atoms with E-state index in [9.17, 15) is 4.79 Å². The van der Waals surface area contributed by atoms with Crippen LogP contribution in [0.1, 0.15) is 39.2 Å². The minimum Gasteiger partial charge on any atom is -0.351 e. The van der Waals surface area contributed by atoms with Gasteiger partial charge in [0.05, 0.1) is 25.2 Å². The largest absolute Gasteiger partial charge is 0.351 e. The molecule has 1 unspecified atom stereocenters. The van der Waals surface area contributed by atoms with Crippen molar-refractivity contribution in [2.45, 2.75) is 39.2 Å². The topological polar surface area (TPSA) is 50.1 Å². The molecule has 0 saturated carbocycles. The summed E-state index contributed by atoms with van der Waals surface area (Å²) in [7, 11) is 0. The number of carbonyl (C=O) groups is 1. The number of hydrogen-bond donors (Lipinski definition) is 3. The Morgan fingerprint density at radius 2 is 2.00 bits per heavy atom. The van der Waals surface area contributed by atoms with Gasteiger partial charge in [0, 0.05) is 19.4 Å². The van der Waals surface area contributed by atoms with Gasteiger partial charge in [-0.05, 0) is 38.0 Å². The van der Waals surface area contributed by atoms with Crippen molar-refractivity contribution in [3.05, 3.63) is 42.0 Å². The van der Waals surface area contributed by atoms with Crippen molar-refractivity contribution in [2.24, 2.45) is 0 Å². The number of nitrogens with two attached hydrogens (primary N) is 1. The Balaban J connectivity index is 1.64. The standard InChI is InChI=1S/C20H31N3O/c1-20(2,3)22-13-7-12-21-19(24)16-23-14-10-18(11-15-23)17-8-5-4-6-9-17/h4-6,8-10,22H,7,11-16H2,1-3H3,(H,21,24)/p+2. The van der Waals surface area contributed by atoms with E-state index in [1.165, 1.54) is 16.0 Å². The summed E-state index contributed by atoms with van der Waals surface area (Å²) in [5.41, 5.74) is 3.00. The zero-order chi connectivity index (χ0) is 17.4. The predicted molar refractivity (Wildman–Crippen MR) is 98.8 cm³/mol. The number of rotatable bonds is 7. The lowest BCUT2D eigenvalue weighted by molar-refractivity contribution is -0.886. The Morgan fingerprint density at radius 3 is 2.62 bits per heavy atom. The summed E-state index contributed by atoms with van der Waals surface area (Å²) in [6.07, 6.45) is 4.36. The molecule has 0 saturated heterocycles. The fourth-order valence-corrected chi connectivity index (χ4v) is 3.01. The molecule has 4 N–H and O–H groups in total. The van der Waals surface area contributed by atoms with Gasteiger partial charge in [0.15, 0.2) is 6.54 Å². The van der Waals surface area contributed by atoms with Crippen molar-refractivity contribution in [1.82, 2.24) is 5.32 Å². The maximum atomic E-state index is 12.1. The molecule has 1 aliphatic rings. The molecule has 1 atom stereocenters. The summed E-state index contributed by atoms with van der Waals surface area (Å²) in [5.74, 6) is 0.178. The molecular formula is C20H33N3O+2. The van der Waals surface area contributed by atoms with Crippen LogP contribution in [0.5, 0.6) is 0 Å². The highest BCUT2D eigenvalue weighted by molar-refractivity contribution is 5.76. The van der Waals surface area contributed by atoms with Gasteiger partial charge in [-0.15, -0.1) is 0 Å². The van der Waals surface area contributed by atoms with Crippen molar-refractivity contribution in [3.8, 4) is 0 Å². The monoisotopic (exact) mass is 331 g/mol. The van der Waals surface area contributed by atoms with Gasteiger partial charge in [-0.3, -0.25) is 4.79 Å². The molecule has 132 valence electrons. The van der Waals surface area contributed by atoms with Crippen LogP contribution < -0.4 is 15.5 Å². The minimum atomic E-state index is 0.178. The number of benzene rings is 1. The third-order valence-corrected chi connectivity index (χ3v) is 4.40. The van der Waals surface area contributed by atoms with E-state index in [-0.39, 0.29) is 11.4 Å². The Labute approximate surface area is 146 Å². The number of carbonyl (C=O) groups excluding carboxylic acids is 1. The molecule has 1 amide bonds. The Morgan fingerprint density at radius 1 is 1.25 bits per heavy atom. The SMILES string of the molecule is CC(C)(C)[NH2+]CCCNC(=O)C[NH+]1CC=C(c2ccccc2)CC1. The molecule has 0 fully saturated rings. The van der Waals surface area contributed by atoms with Crippen LogP contribution >= 0.6 is 0 Å². The number of hydrogen-bond acceptors (Lipinski definition) is 1. The van der Waals surface area contributed by atoms with Crippen LogP contribution in [0.15, 0.2) is 36.4 Å². The predicted octanol–water partition coefficient (Wildman–Crippen LogP) is 0.227. The van der Waals surface area contributed by atoms with Crippen molar-refractivity contribution >= 4 is 11.5 Å². The van der Waals surface area contributed by atoms with Gasteiger partial charge >= 0.3 is 0 Å². The summed E-state index contributed by atoms with van der Waals surface area (Å²) in [6.45, 7) is 11.0. The maximum Gasteiger partial charge on any atom is 0.275 e. The summed E-state index contributed by atoms with van der Waals surface area (Å²) < 4.78 is 0. The van der Waals surface area contributed by atoms with E-state index in [1.807, 2.05) is 6.07 Å². The van der Waals surface area contributed by atoms with Crippen molar-refractivity contribution < 1.29 is 15.0 Å². The third kappa shape index (κ3) is 6.85. The van der Waals surface area contributed by atoms with E-state index >= 15 is 0 Å². The average molecular weight is 332 g/mol. The molecule has 1 heterocycles. The van der Waals surface area contributed by atoms with Gasteiger partial charge in [-0.2, -0.15) is 0 Å². The normalized spacial score (nSPS) is 18.1. The first kappa shape index (κ1) is 18.7. The molecule has 1 aromatic carbocycles. The fraction of sp³-hybridized carbons (Fsp3) is 0.550. The highest BCUT2D eigenvalue weighted by Gasteiger charge is 2.18. The molecule has 0 aliphatic carbocycles. The van der Waals surface area contributed by atoms with Gasteiger partial charge in [0.25, 0.3) is 5.91 Å². The van der Waals surface area contributed by atoms with E-state index in [0.717, 1.165) is 39.0 Å². The summed E-state index contributed by atoms with van der Waals surface area (Å²) in [4.78, 5) is 13.4. The summed E-state index contributed by atoms with van der Waals surface area (Å²) in [5, 5.41) is 5.38. The van der Waals surface area contributed by atoms with Crippen LogP contribution in [0.25, 0.3) is 5.57 Å². The lowest BCUT2D eigenvalue weighted by Gasteiger charge is -2.23. The van der Waals surface area contributed by atoms with Crippen LogP contribution in [0.4, 0.5) is 0 Å². The molecule has 0 spiro atoms. The van der Waals surface area contributed by atoms with Crippen LogP contribution in [-0.2, 0) is 4.79 Å². The van der Waals surface area contributed by atoms with E-state index in [1.54, 1.807) is 0 Å². The van der Waals surface area contributed by atoms with Gasteiger partial charge in [0.2, 0.25) is 0 Å². The summed E-state index contributed by atoms with van der Waals surface area (Å²) >= 11 is 0. The Hall–Kier alpha value is -1.65. The van der Waals surface area contributed by atoms with Crippen LogP contribution in [0.2, 0.25) is 0 Å². The molecule has 1 aliphatic heterocycles. The first-order chi connectivity index (χ1) is 11.4. The molecule has 0 radical (unpaired) electrons. The zero-order valence-corrected chi connectivity index (χ0v) is 15.4. The number of amides is 1. The first-order valence-corrected chi connectivity index (χ1v) is 9.13. The van der Waals surface area contributed by atoms with E-state index < -0.39 is 0 Å². The molecular weight excluding hydrogens is 298 g/mol. The molecule has 4 nitrogen and oxygen atoms in total. The lowest BCUT2D eigenvalue weighted by Crippen LogP contribution is -3.13.